The molecule has 0 aliphatic rings. The van der Waals surface area contributed by atoms with Gasteiger partial charge in [0.2, 0.25) is 0 Å². The van der Waals surface area contributed by atoms with Crippen LogP contribution >= 0.6 is 0 Å². The third kappa shape index (κ3) is 54.9. The topological polar surface area (TPSA) is 61.8 Å². The van der Waals surface area contributed by atoms with Crippen molar-refractivity contribution in [1.29, 1.82) is 0 Å². The van der Waals surface area contributed by atoms with Gasteiger partial charge < -0.3 is 14.2 Å². The van der Waals surface area contributed by atoms with Gasteiger partial charge in [-0.2, -0.15) is 0 Å². The van der Waals surface area contributed by atoms with Gasteiger partial charge in [0.1, 0.15) is 6.61 Å². The summed E-state index contributed by atoms with van der Waals surface area (Å²) in [5.74, 6) is -0.502. The zero-order valence-corrected chi connectivity index (χ0v) is 44.3. The highest BCUT2D eigenvalue weighted by atomic mass is 16.6. The molecular weight excluding hydrogens is 837 g/mol. The molecule has 0 aromatic carbocycles. The average Bonchev–Trinajstić information content (AvgIpc) is 3.34. The van der Waals surface area contributed by atoms with Crippen LogP contribution in [0.4, 0.5) is 0 Å². The SMILES string of the molecule is CC/C=C\C/C=C\C/C=C\C/C=C\C/C=C\C/C=C\CCC(=O)OCC(COCCCCCCCCC/C=C\C/C=C\C/C=C\C/C=C\CC)OC(=O)CCCCCCCCCCCCCCC. The van der Waals surface area contributed by atoms with E-state index in [2.05, 4.69) is 136 Å². The van der Waals surface area contributed by atoms with Crippen LogP contribution < -0.4 is 0 Å². The van der Waals surface area contributed by atoms with Crippen molar-refractivity contribution in [2.24, 2.45) is 0 Å². The Morgan fingerprint density at radius 1 is 0.338 bits per heavy atom. The largest absolute Gasteiger partial charge is 0.462 e. The van der Waals surface area contributed by atoms with E-state index in [0.29, 0.717) is 25.9 Å². The minimum absolute atomic E-state index is 0.0356. The van der Waals surface area contributed by atoms with Gasteiger partial charge in [0.15, 0.2) is 6.10 Å². The normalized spacial score (nSPS) is 13.2. The minimum atomic E-state index is -0.579. The Kier molecular flexibility index (Phi) is 54.5. The van der Waals surface area contributed by atoms with Crippen molar-refractivity contribution in [2.45, 2.75) is 245 Å². The molecule has 5 heteroatoms. The van der Waals surface area contributed by atoms with Crippen LogP contribution in [0.2, 0.25) is 0 Å². The van der Waals surface area contributed by atoms with Crippen LogP contribution in [0.25, 0.3) is 0 Å². The smallest absolute Gasteiger partial charge is 0.306 e. The van der Waals surface area contributed by atoms with Gasteiger partial charge in [0, 0.05) is 19.4 Å². The lowest BCUT2D eigenvalue weighted by Crippen LogP contribution is -2.30. The van der Waals surface area contributed by atoms with Gasteiger partial charge in [0.05, 0.1) is 6.61 Å². The summed E-state index contributed by atoms with van der Waals surface area (Å²) in [5.41, 5.74) is 0. The maximum Gasteiger partial charge on any atom is 0.306 e. The Bertz CT molecular complexity index is 1390. The van der Waals surface area contributed by atoms with Gasteiger partial charge in [-0.1, -0.05) is 251 Å². The standard InChI is InChI=1S/C63H104O5/c1-4-7-10-13-16-19-22-25-27-29-31-33-35-37-40-43-46-49-52-55-58-66-59-61(68-63(65)57-54-51-48-45-42-38-24-21-18-15-12-9-6-3)60-67-62(64)56-53-50-47-44-41-39-36-34-32-30-28-26-23-20-17-14-11-8-5-2/h7-8,10-11,16-17,19-20,25-28,31-34,39,41,47,50,61H,4-6,9,12-15,18,21-24,29-30,35-38,40,42-46,48-49,51-60H2,1-3H3/b10-7-,11-8-,19-16-,20-17-,27-25-,28-26-,33-31-,34-32-,41-39-,50-47-. The zero-order chi connectivity index (χ0) is 49.2. The second-order valence-electron chi connectivity index (χ2n) is 18.1. The summed E-state index contributed by atoms with van der Waals surface area (Å²) in [7, 11) is 0. The van der Waals surface area contributed by atoms with Gasteiger partial charge in [-0.15, -0.1) is 0 Å². The van der Waals surface area contributed by atoms with E-state index < -0.39 is 6.10 Å². The van der Waals surface area contributed by atoms with E-state index in [-0.39, 0.29) is 25.2 Å². The van der Waals surface area contributed by atoms with Gasteiger partial charge in [-0.3, -0.25) is 9.59 Å². The molecule has 0 rings (SSSR count). The molecule has 386 valence electrons. The first-order chi connectivity index (χ1) is 33.6. The Balaban J connectivity index is 4.40. The van der Waals surface area contributed by atoms with E-state index >= 15 is 0 Å². The fourth-order valence-electron chi connectivity index (χ4n) is 7.41. The highest BCUT2D eigenvalue weighted by molar-refractivity contribution is 5.70. The van der Waals surface area contributed by atoms with Gasteiger partial charge in [-0.05, 0) is 96.3 Å². The molecule has 1 unspecified atom stereocenters. The third-order valence-corrected chi connectivity index (χ3v) is 11.5. The highest BCUT2D eigenvalue weighted by Crippen LogP contribution is 2.14. The van der Waals surface area contributed by atoms with Crippen LogP contribution in [-0.2, 0) is 23.8 Å². The monoisotopic (exact) mass is 941 g/mol. The number of carbonyl (C=O) groups excluding carboxylic acids is 2. The van der Waals surface area contributed by atoms with E-state index in [1.54, 1.807) is 0 Å². The summed E-state index contributed by atoms with van der Waals surface area (Å²) >= 11 is 0. The molecule has 0 aliphatic heterocycles. The van der Waals surface area contributed by atoms with Crippen LogP contribution in [0.15, 0.2) is 122 Å². The predicted octanol–water partition coefficient (Wildman–Crippen LogP) is 19.3. The second kappa shape index (κ2) is 57.6. The molecular formula is C63H104O5. The quantitative estimate of drug-likeness (QED) is 0.0345. The Labute approximate surface area is 420 Å². The zero-order valence-electron chi connectivity index (χ0n) is 44.3. The Morgan fingerprint density at radius 3 is 1.12 bits per heavy atom. The molecule has 0 N–H and O–H groups in total. The highest BCUT2D eigenvalue weighted by Gasteiger charge is 2.17. The fraction of sp³-hybridized carbons (Fsp3) is 0.651. The van der Waals surface area contributed by atoms with Crippen LogP contribution in [0, 0.1) is 0 Å². The Morgan fingerprint density at radius 2 is 0.691 bits per heavy atom. The van der Waals surface area contributed by atoms with Gasteiger partial charge in [-0.25, -0.2) is 0 Å². The van der Waals surface area contributed by atoms with E-state index in [1.807, 2.05) is 6.08 Å². The average molecular weight is 942 g/mol. The molecule has 0 heterocycles. The molecule has 0 fully saturated rings. The second-order valence-corrected chi connectivity index (χ2v) is 18.1. The molecule has 0 saturated heterocycles. The van der Waals surface area contributed by atoms with Crippen molar-refractivity contribution in [3.05, 3.63) is 122 Å². The molecule has 0 aliphatic carbocycles. The lowest BCUT2D eigenvalue weighted by Gasteiger charge is -2.18. The first-order valence-electron chi connectivity index (χ1n) is 28.1. The van der Waals surface area contributed by atoms with Crippen molar-refractivity contribution in [3.8, 4) is 0 Å². The predicted molar refractivity (Wildman–Crippen MR) is 297 cm³/mol. The first-order valence-corrected chi connectivity index (χ1v) is 28.1. The van der Waals surface area contributed by atoms with E-state index in [1.165, 1.54) is 96.3 Å². The van der Waals surface area contributed by atoms with Crippen molar-refractivity contribution in [2.75, 3.05) is 19.8 Å². The molecule has 5 nitrogen and oxygen atoms in total. The number of allylic oxidation sites excluding steroid dienone is 20. The maximum atomic E-state index is 12.8. The number of carbonyl (C=O) groups is 2. The Hall–Kier alpha value is -3.70. The summed E-state index contributed by atoms with van der Waals surface area (Å²) < 4.78 is 17.4. The number of hydrogen-bond acceptors (Lipinski definition) is 5. The van der Waals surface area contributed by atoms with Crippen LogP contribution in [0.1, 0.15) is 239 Å². The van der Waals surface area contributed by atoms with Crippen LogP contribution in [-0.4, -0.2) is 37.9 Å². The van der Waals surface area contributed by atoms with Crippen molar-refractivity contribution >= 4 is 11.9 Å². The van der Waals surface area contributed by atoms with E-state index in [9.17, 15) is 9.59 Å². The van der Waals surface area contributed by atoms with Crippen LogP contribution in [0.5, 0.6) is 0 Å². The number of rotatable bonds is 50. The molecule has 0 bridgehead atoms. The maximum absolute atomic E-state index is 12.8. The molecule has 0 radical (unpaired) electrons. The summed E-state index contributed by atoms with van der Waals surface area (Å²) in [6.07, 6.45) is 80.8. The van der Waals surface area contributed by atoms with Crippen molar-refractivity contribution in [3.63, 3.8) is 0 Å². The lowest BCUT2D eigenvalue weighted by atomic mass is 10.0. The molecule has 68 heavy (non-hydrogen) atoms. The molecule has 1 atom stereocenters. The third-order valence-electron chi connectivity index (χ3n) is 11.5. The van der Waals surface area contributed by atoms with Gasteiger partial charge in [0.25, 0.3) is 0 Å². The molecule has 0 aromatic heterocycles. The summed E-state index contributed by atoms with van der Waals surface area (Å²) in [5, 5.41) is 0. The van der Waals surface area contributed by atoms with E-state index in [4.69, 9.17) is 14.2 Å². The van der Waals surface area contributed by atoms with E-state index in [0.717, 1.165) is 103 Å². The first kappa shape index (κ1) is 64.3. The van der Waals surface area contributed by atoms with Crippen molar-refractivity contribution in [1.82, 2.24) is 0 Å². The molecule has 0 spiro atoms. The number of hydrogen-bond donors (Lipinski definition) is 0. The van der Waals surface area contributed by atoms with Gasteiger partial charge >= 0.3 is 11.9 Å². The summed E-state index contributed by atoms with van der Waals surface area (Å²) in [4.78, 5) is 25.4. The van der Waals surface area contributed by atoms with Crippen molar-refractivity contribution < 1.29 is 23.8 Å². The summed E-state index contributed by atoms with van der Waals surface area (Å²) in [6, 6.07) is 0. The molecule has 0 aromatic rings. The molecule has 0 amide bonds. The fourth-order valence-corrected chi connectivity index (χ4v) is 7.41. The number of unbranched alkanes of at least 4 members (excludes halogenated alkanes) is 19. The molecule has 0 saturated carbocycles. The number of ether oxygens (including phenoxy) is 3. The van der Waals surface area contributed by atoms with Crippen LogP contribution in [0.3, 0.4) is 0 Å². The summed E-state index contributed by atoms with van der Waals surface area (Å²) in [6.45, 7) is 7.50. The number of esters is 2. The lowest BCUT2D eigenvalue weighted by molar-refractivity contribution is -0.162. The minimum Gasteiger partial charge on any atom is -0.462 e.